The number of amides is 1. The lowest BCUT2D eigenvalue weighted by molar-refractivity contribution is -0.128. The Kier molecular flexibility index (Phi) is 4.59. The molecule has 1 saturated carbocycles. The van der Waals surface area contributed by atoms with Crippen LogP contribution < -0.4 is 5.32 Å². The third-order valence-electron chi connectivity index (χ3n) is 3.76. The highest BCUT2D eigenvalue weighted by atomic mass is 16.2. The molecule has 0 atom stereocenters. The number of nitrogens with zero attached hydrogens (tertiary/aromatic N) is 1. The lowest BCUT2D eigenvalue weighted by Gasteiger charge is -2.18. The summed E-state index contributed by atoms with van der Waals surface area (Å²) >= 11 is 0. The highest BCUT2D eigenvalue weighted by molar-refractivity contribution is 5.78. The molecule has 0 aliphatic heterocycles. The maximum Gasteiger partial charge on any atom is 0.236 e. The molecule has 1 N–H and O–H groups in total. The van der Waals surface area contributed by atoms with E-state index in [1.54, 1.807) is 0 Å². The van der Waals surface area contributed by atoms with Gasteiger partial charge in [0.1, 0.15) is 0 Å². The van der Waals surface area contributed by atoms with Gasteiger partial charge in [-0.3, -0.25) is 4.79 Å². The van der Waals surface area contributed by atoms with E-state index in [1.165, 1.54) is 29.5 Å². The first-order chi connectivity index (χ1) is 9.06. The van der Waals surface area contributed by atoms with Gasteiger partial charge in [-0.2, -0.15) is 0 Å². The maximum absolute atomic E-state index is 11.9. The van der Waals surface area contributed by atoms with Crippen LogP contribution in [0.2, 0.25) is 0 Å². The highest BCUT2D eigenvalue weighted by Gasteiger charge is 2.21. The first kappa shape index (κ1) is 14.1. The number of rotatable bonds is 6. The largest absolute Gasteiger partial charge is 0.344 e. The van der Waals surface area contributed by atoms with Crippen LogP contribution in [0, 0.1) is 13.8 Å². The van der Waals surface area contributed by atoms with Crippen LogP contribution in [0.5, 0.6) is 0 Å². The Morgan fingerprint density at radius 1 is 1.37 bits per heavy atom. The summed E-state index contributed by atoms with van der Waals surface area (Å²) in [5.74, 6) is 0.191. The third kappa shape index (κ3) is 4.35. The molecule has 0 unspecified atom stereocenters. The Bertz CT molecular complexity index is 452. The molecule has 1 aromatic rings. The highest BCUT2D eigenvalue weighted by Crippen LogP contribution is 2.18. The van der Waals surface area contributed by atoms with E-state index in [-0.39, 0.29) is 5.91 Å². The van der Waals surface area contributed by atoms with E-state index in [9.17, 15) is 4.79 Å². The molecular weight excluding hydrogens is 236 g/mol. The van der Waals surface area contributed by atoms with Crippen molar-refractivity contribution in [3.8, 4) is 0 Å². The Labute approximate surface area is 116 Å². The summed E-state index contributed by atoms with van der Waals surface area (Å²) in [6, 6.07) is 7.10. The van der Waals surface area contributed by atoms with Gasteiger partial charge in [-0.15, -0.1) is 0 Å². The van der Waals surface area contributed by atoms with Crippen molar-refractivity contribution in [1.82, 2.24) is 10.2 Å². The van der Waals surface area contributed by atoms with Crippen LogP contribution in [0.4, 0.5) is 0 Å². The second-order valence-electron chi connectivity index (χ2n) is 5.65. The summed E-state index contributed by atoms with van der Waals surface area (Å²) in [5, 5.41) is 3.26. The van der Waals surface area contributed by atoms with Crippen LogP contribution in [0.15, 0.2) is 18.2 Å². The maximum atomic E-state index is 11.9. The summed E-state index contributed by atoms with van der Waals surface area (Å²) in [7, 11) is 1.89. The van der Waals surface area contributed by atoms with Gasteiger partial charge < -0.3 is 10.2 Å². The van der Waals surface area contributed by atoms with Gasteiger partial charge in [-0.25, -0.2) is 0 Å². The van der Waals surface area contributed by atoms with Crippen molar-refractivity contribution in [3.63, 3.8) is 0 Å². The summed E-state index contributed by atoms with van der Waals surface area (Å²) in [6.45, 7) is 5.51. The molecule has 0 radical (unpaired) electrons. The minimum atomic E-state index is 0.191. The fourth-order valence-corrected chi connectivity index (χ4v) is 2.19. The van der Waals surface area contributed by atoms with E-state index < -0.39 is 0 Å². The minimum absolute atomic E-state index is 0.191. The van der Waals surface area contributed by atoms with Crippen LogP contribution in [-0.4, -0.2) is 37.0 Å². The van der Waals surface area contributed by atoms with Crippen LogP contribution in [0.25, 0.3) is 0 Å². The third-order valence-corrected chi connectivity index (χ3v) is 3.76. The topological polar surface area (TPSA) is 32.3 Å². The van der Waals surface area contributed by atoms with Gasteiger partial charge in [0.25, 0.3) is 0 Å². The van der Waals surface area contributed by atoms with Gasteiger partial charge >= 0.3 is 0 Å². The molecule has 0 saturated heterocycles. The Hall–Kier alpha value is -1.35. The van der Waals surface area contributed by atoms with Crippen LogP contribution in [0.1, 0.15) is 29.5 Å². The number of likely N-dealkylation sites (N-methyl/N-ethyl adjacent to an activating group) is 1. The molecule has 104 valence electrons. The first-order valence-corrected chi connectivity index (χ1v) is 7.10. The normalized spacial score (nSPS) is 14.5. The average molecular weight is 260 g/mol. The monoisotopic (exact) mass is 260 g/mol. The number of hydrogen-bond donors (Lipinski definition) is 1. The number of benzene rings is 1. The zero-order valence-corrected chi connectivity index (χ0v) is 12.2. The zero-order chi connectivity index (χ0) is 13.8. The molecule has 0 bridgehead atoms. The summed E-state index contributed by atoms with van der Waals surface area (Å²) < 4.78 is 0. The van der Waals surface area contributed by atoms with Crippen molar-refractivity contribution >= 4 is 5.91 Å². The van der Waals surface area contributed by atoms with E-state index in [0.717, 1.165) is 13.0 Å². The van der Waals surface area contributed by atoms with Crippen molar-refractivity contribution in [2.45, 2.75) is 39.2 Å². The number of nitrogens with one attached hydrogen (secondary N) is 1. The van der Waals surface area contributed by atoms with Gasteiger partial charge in [0.2, 0.25) is 5.91 Å². The Morgan fingerprint density at radius 3 is 2.74 bits per heavy atom. The van der Waals surface area contributed by atoms with Gasteiger partial charge in [-0.05, 0) is 44.2 Å². The Balaban J connectivity index is 1.78. The van der Waals surface area contributed by atoms with E-state index >= 15 is 0 Å². The molecule has 1 aromatic carbocycles. The van der Waals surface area contributed by atoms with Crippen LogP contribution in [0.3, 0.4) is 0 Å². The number of carbonyl (C=O) groups excluding carboxylic acids is 1. The molecule has 1 fully saturated rings. The number of carbonyl (C=O) groups is 1. The molecule has 0 heterocycles. The molecule has 19 heavy (non-hydrogen) atoms. The van der Waals surface area contributed by atoms with Crippen LogP contribution in [-0.2, 0) is 11.2 Å². The van der Waals surface area contributed by atoms with Crippen LogP contribution >= 0.6 is 0 Å². The molecule has 0 spiro atoms. The zero-order valence-electron chi connectivity index (χ0n) is 12.2. The smallest absolute Gasteiger partial charge is 0.236 e. The van der Waals surface area contributed by atoms with Gasteiger partial charge in [0.15, 0.2) is 0 Å². The molecule has 2 rings (SSSR count). The predicted molar refractivity (Wildman–Crippen MR) is 78.3 cm³/mol. The van der Waals surface area contributed by atoms with Crippen molar-refractivity contribution in [2.75, 3.05) is 20.1 Å². The molecular formula is C16H24N2O. The molecule has 3 heteroatoms. The standard InChI is InChI=1S/C16H24N2O/c1-12-4-5-14(13(2)10-12)8-9-18(3)16(19)11-17-15-6-7-15/h4-5,10,15,17H,6-9,11H2,1-3H3. The number of hydrogen-bond acceptors (Lipinski definition) is 2. The van der Waals surface area contributed by atoms with E-state index in [0.29, 0.717) is 12.6 Å². The number of aryl methyl sites for hydroxylation is 2. The van der Waals surface area contributed by atoms with E-state index in [2.05, 4.69) is 37.4 Å². The average Bonchev–Trinajstić information content (AvgIpc) is 3.18. The summed E-state index contributed by atoms with van der Waals surface area (Å²) in [4.78, 5) is 13.7. The fourth-order valence-electron chi connectivity index (χ4n) is 2.19. The van der Waals surface area contributed by atoms with Crippen molar-refractivity contribution < 1.29 is 4.79 Å². The van der Waals surface area contributed by atoms with Crippen molar-refractivity contribution in [2.24, 2.45) is 0 Å². The molecule has 1 aliphatic rings. The second kappa shape index (κ2) is 6.20. The van der Waals surface area contributed by atoms with E-state index in [1.807, 2.05) is 11.9 Å². The Morgan fingerprint density at radius 2 is 2.11 bits per heavy atom. The summed E-state index contributed by atoms with van der Waals surface area (Å²) in [5.41, 5.74) is 3.94. The van der Waals surface area contributed by atoms with Gasteiger partial charge in [0.05, 0.1) is 6.54 Å². The lowest BCUT2D eigenvalue weighted by Crippen LogP contribution is -2.37. The molecule has 0 aromatic heterocycles. The SMILES string of the molecule is Cc1ccc(CCN(C)C(=O)CNC2CC2)c(C)c1. The minimum Gasteiger partial charge on any atom is -0.344 e. The van der Waals surface area contributed by atoms with E-state index in [4.69, 9.17) is 0 Å². The van der Waals surface area contributed by atoms with Gasteiger partial charge in [0, 0.05) is 19.6 Å². The first-order valence-electron chi connectivity index (χ1n) is 7.10. The molecule has 1 amide bonds. The fraction of sp³-hybridized carbons (Fsp3) is 0.562. The summed E-state index contributed by atoms with van der Waals surface area (Å²) in [6.07, 6.45) is 3.37. The second-order valence-corrected chi connectivity index (χ2v) is 5.65. The molecule has 1 aliphatic carbocycles. The van der Waals surface area contributed by atoms with Gasteiger partial charge in [-0.1, -0.05) is 23.8 Å². The predicted octanol–water partition coefficient (Wildman–Crippen LogP) is 2.06. The lowest BCUT2D eigenvalue weighted by atomic mass is 10.0. The molecule has 3 nitrogen and oxygen atoms in total. The van der Waals surface area contributed by atoms with Crippen molar-refractivity contribution in [1.29, 1.82) is 0 Å². The quantitative estimate of drug-likeness (QED) is 0.849. The van der Waals surface area contributed by atoms with Crippen molar-refractivity contribution in [3.05, 3.63) is 34.9 Å².